The molecule has 162 valence electrons. The van der Waals surface area contributed by atoms with Crippen LogP contribution in [0.1, 0.15) is 5.89 Å². The second kappa shape index (κ2) is 8.95. The highest BCUT2D eigenvalue weighted by Gasteiger charge is 2.38. The molecule has 0 radical (unpaired) electrons. The first-order valence-electron chi connectivity index (χ1n) is 7.85. The molecule has 0 saturated carbocycles. The Morgan fingerprint density at radius 3 is 2.60 bits per heavy atom. The third-order valence-electron chi connectivity index (χ3n) is 3.52. The number of nitrogens with one attached hydrogen (secondary N) is 2. The summed E-state index contributed by atoms with van der Waals surface area (Å²) in [6.07, 6.45) is -3.99. The minimum absolute atomic E-state index is 0.0223. The highest BCUT2D eigenvalue weighted by Crippen LogP contribution is 2.30. The van der Waals surface area contributed by atoms with Crippen molar-refractivity contribution in [2.45, 2.75) is 11.1 Å². The Morgan fingerprint density at radius 2 is 2.03 bits per heavy atom. The number of aromatic nitrogens is 2. The molecule has 1 aromatic heterocycles. The number of hydrogen-bond donors (Lipinski definition) is 2. The average Bonchev–Trinajstić information content (AvgIpc) is 3.15. The predicted octanol–water partition coefficient (Wildman–Crippen LogP) is 2.55. The Bertz CT molecular complexity index is 1110. The lowest BCUT2D eigenvalue weighted by molar-refractivity contribution is -0.139. The molecule has 2 N–H and O–H groups in total. The molecule has 2 rings (SSSR count). The Kier molecular flexibility index (Phi) is 7.02. The molecule has 0 aliphatic carbocycles. The van der Waals surface area contributed by atoms with E-state index in [0.717, 1.165) is 13.4 Å². The zero-order chi connectivity index (χ0) is 22.7. The molecule has 9 nitrogen and oxygen atoms in total. The lowest BCUT2D eigenvalue weighted by Crippen LogP contribution is -2.28. The van der Waals surface area contributed by atoms with Gasteiger partial charge < -0.3 is 14.6 Å². The van der Waals surface area contributed by atoms with Gasteiger partial charge in [-0.15, -0.1) is 0 Å². The summed E-state index contributed by atoms with van der Waals surface area (Å²) < 4.78 is 70.8. The fourth-order valence-corrected chi connectivity index (χ4v) is 3.24. The number of rotatable bonds is 7. The van der Waals surface area contributed by atoms with E-state index in [2.05, 4.69) is 36.1 Å². The monoisotopic (exact) mass is 510 g/mol. The van der Waals surface area contributed by atoms with E-state index in [1.54, 1.807) is 0 Å². The van der Waals surface area contributed by atoms with E-state index in [1.165, 1.54) is 24.3 Å². The van der Waals surface area contributed by atoms with Gasteiger partial charge in [0.05, 0.1) is 16.5 Å². The Labute approximate surface area is 176 Å². The van der Waals surface area contributed by atoms with Crippen LogP contribution in [0.15, 0.2) is 38.2 Å². The van der Waals surface area contributed by atoms with Gasteiger partial charge in [0, 0.05) is 11.8 Å². The molecule has 0 aliphatic rings. The van der Waals surface area contributed by atoms with Crippen LogP contribution in [0, 0.1) is 5.41 Å². The molecule has 1 aromatic carbocycles. The first-order valence-corrected chi connectivity index (χ1v) is 10.5. The molecule has 0 aliphatic heterocycles. The van der Waals surface area contributed by atoms with Crippen molar-refractivity contribution >= 4 is 43.1 Å². The fourth-order valence-electron chi connectivity index (χ4n) is 2.04. The van der Waals surface area contributed by atoms with Gasteiger partial charge in [-0.2, -0.15) is 18.2 Å². The summed E-state index contributed by atoms with van der Waals surface area (Å²) in [6.45, 7) is -0.548. The zero-order valence-electron chi connectivity index (χ0n) is 15.4. The molecule has 1 heterocycles. The summed E-state index contributed by atoms with van der Waals surface area (Å²) in [4.78, 5) is 15.3. The van der Waals surface area contributed by atoms with Gasteiger partial charge in [0.2, 0.25) is 5.82 Å². The smallest absolute Gasteiger partial charge is 0.433 e. The van der Waals surface area contributed by atoms with Crippen LogP contribution in [0.4, 0.5) is 13.2 Å². The lowest BCUT2D eigenvalue weighted by atomic mass is 10.2. The van der Waals surface area contributed by atoms with Crippen LogP contribution in [0.2, 0.25) is 0 Å². The van der Waals surface area contributed by atoms with E-state index in [4.69, 9.17) is 9.93 Å². The number of benzene rings is 1. The van der Waals surface area contributed by atoms with Crippen LogP contribution in [-0.2, 0) is 19.4 Å². The van der Waals surface area contributed by atoms with Gasteiger partial charge in [-0.1, -0.05) is 17.3 Å². The highest BCUT2D eigenvalue weighted by molar-refractivity contribution is 9.12. The van der Waals surface area contributed by atoms with Gasteiger partial charge in [0.15, 0.2) is 15.5 Å². The highest BCUT2D eigenvalue weighted by atomic mass is 79.9. The van der Waals surface area contributed by atoms with Crippen molar-refractivity contribution in [2.75, 3.05) is 19.9 Å². The number of carbonyl (C=O) groups excluding carboxylic acids is 1. The Balaban J connectivity index is 2.50. The Hall–Kier alpha value is -2.74. The van der Waals surface area contributed by atoms with E-state index in [0.29, 0.717) is 0 Å². The van der Waals surface area contributed by atoms with E-state index in [9.17, 15) is 26.4 Å². The van der Waals surface area contributed by atoms with Gasteiger partial charge in [0.25, 0.3) is 5.89 Å². The van der Waals surface area contributed by atoms with Gasteiger partial charge >= 0.3 is 12.1 Å². The maximum absolute atomic E-state index is 12.9. The minimum Gasteiger partial charge on any atom is -0.468 e. The van der Waals surface area contributed by atoms with Crippen molar-refractivity contribution in [3.05, 3.63) is 34.6 Å². The molecule has 0 saturated heterocycles. The second-order valence-corrected chi connectivity index (χ2v) is 8.52. The normalized spacial score (nSPS) is 12.9. The number of ether oxygens (including phenoxy) is 1. The third-order valence-corrected chi connectivity index (χ3v) is 5.42. The molecule has 30 heavy (non-hydrogen) atoms. The summed E-state index contributed by atoms with van der Waals surface area (Å²) in [6, 6.07) is 5.52. The summed E-state index contributed by atoms with van der Waals surface area (Å²) in [5, 5.41) is 13.3. The largest absolute Gasteiger partial charge is 0.468 e. The van der Waals surface area contributed by atoms with Crippen LogP contribution in [-0.4, -0.2) is 56.3 Å². The minimum atomic E-state index is -5.00. The second-order valence-electron chi connectivity index (χ2n) is 5.71. The molecule has 2 aromatic rings. The number of alkyl halides is 3. The Morgan fingerprint density at radius 1 is 1.37 bits per heavy atom. The van der Waals surface area contributed by atoms with Gasteiger partial charge in [-0.3, -0.25) is 10.2 Å². The molecular formula is C16H14BrF3N4O5S. The average molecular weight is 511 g/mol. The molecule has 14 heteroatoms. The van der Waals surface area contributed by atoms with Crippen LogP contribution >= 0.6 is 15.9 Å². The standard InChI is InChI=1S/C16H14BrF3N4O5S/c1-28-10(25)7-22-12(11(17)13(21)16(18,19)20)15-23-14(24-29-15)8-4-3-5-9(6-8)30(2,26)27/h3-6,21-22H,7H2,1-2H3/b12-11+,21-13?. The lowest BCUT2D eigenvalue weighted by Gasteiger charge is -2.12. The van der Waals surface area contributed by atoms with Crippen molar-refractivity contribution in [1.29, 1.82) is 5.41 Å². The van der Waals surface area contributed by atoms with E-state index in [-0.39, 0.29) is 16.3 Å². The third kappa shape index (κ3) is 5.66. The fraction of sp³-hybridized carbons (Fsp3) is 0.250. The number of nitrogens with zero attached hydrogens (tertiary/aromatic N) is 2. The van der Waals surface area contributed by atoms with E-state index < -0.39 is 50.3 Å². The number of allylic oxidation sites excluding steroid dienone is 1. The maximum atomic E-state index is 12.9. The summed E-state index contributed by atoms with van der Waals surface area (Å²) in [5.74, 6) is -1.39. The number of sulfone groups is 1. The molecule has 0 bridgehead atoms. The SMILES string of the molecule is COC(=O)CN/C(=C(/Br)C(=N)C(F)(F)F)c1nc(-c2cccc(S(C)(=O)=O)c2)no1. The first kappa shape index (κ1) is 23.5. The molecular weight excluding hydrogens is 497 g/mol. The van der Waals surface area contributed by atoms with E-state index >= 15 is 0 Å². The van der Waals surface area contributed by atoms with Crippen molar-refractivity contribution in [3.8, 4) is 11.4 Å². The van der Waals surface area contributed by atoms with Crippen molar-refractivity contribution in [3.63, 3.8) is 0 Å². The molecule has 0 spiro atoms. The van der Waals surface area contributed by atoms with E-state index in [1.807, 2.05) is 0 Å². The summed E-state index contributed by atoms with van der Waals surface area (Å²) in [5.41, 5.74) is -2.00. The predicted molar refractivity (Wildman–Crippen MR) is 102 cm³/mol. The van der Waals surface area contributed by atoms with Crippen molar-refractivity contribution < 1.29 is 35.6 Å². The number of methoxy groups -OCH3 is 1. The maximum Gasteiger partial charge on any atom is 0.433 e. The molecule has 0 fully saturated rings. The van der Waals surface area contributed by atoms with Crippen LogP contribution in [0.5, 0.6) is 0 Å². The number of halogens is 4. The van der Waals surface area contributed by atoms with Crippen LogP contribution in [0.25, 0.3) is 17.1 Å². The zero-order valence-corrected chi connectivity index (χ0v) is 17.8. The van der Waals surface area contributed by atoms with Crippen molar-refractivity contribution in [1.82, 2.24) is 15.5 Å². The quantitative estimate of drug-likeness (QED) is 0.428. The van der Waals surface area contributed by atoms with Crippen molar-refractivity contribution in [2.24, 2.45) is 0 Å². The van der Waals surface area contributed by atoms with Crippen LogP contribution < -0.4 is 5.32 Å². The topological polar surface area (TPSA) is 135 Å². The number of esters is 1. The molecule has 0 amide bonds. The van der Waals surface area contributed by atoms with Gasteiger partial charge in [-0.05, 0) is 28.1 Å². The summed E-state index contributed by atoms with van der Waals surface area (Å²) >= 11 is 2.67. The van der Waals surface area contributed by atoms with Gasteiger partial charge in [-0.25, -0.2) is 8.42 Å². The summed E-state index contributed by atoms with van der Waals surface area (Å²) in [7, 11) is -2.44. The molecule has 0 unspecified atom stereocenters. The molecule has 0 atom stereocenters. The van der Waals surface area contributed by atoms with Crippen LogP contribution in [0.3, 0.4) is 0 Å². The number of hydrogen-bond acceptors (Lipinski definition) is 9. The first-order chi connectivity index (χ1) is 13.8. The number of carbonyl (C=O) groups is 1. The van der Waals surface area contributed by atoms with Gasteiger partial charge in [0.1, 0.15) is 12.2 Å².